The monoisotopic (exact) mass is 332 g/mol. The molecule has 2 fully saturated rings. The molecule has 0 atom stereocenters. The molecule has 0 radical (unpaired) electrons. The lowest BCUT2D eigenvalue weighted by Crippen LogP contribution is -2.03. The molecule has 0 aliphatic heterocycles. The smallest absolute Gasteiger partial charge is 0.335 e. The second kappa shape index (κ2) is 13.0. The average Bonchev–Trinajstić information content (AvgIpc) is 2.65. The molecule has 0 saturated heterocycles. The van der Waals surface area contributed by atoms with Gasteiger partial charge in [-0.25, -0.2) is 4.79 Å². The van der Waals surface area contributed by atoms with Crippen LogP contribution in [0.4, 0.5) is 0 Å². The SMILES string of the molecule is CC1CCCCC1.CCC1CCCCC1.O=C(O)c1ccccc1. The molecular formula is C22H36O2. The summed E-state index contributed by atoms with van der Waals surface area (Å²) in [6.45, 7) is 4.68. The largest absolute Gasteiger partial charge is 0.478 e. The topological polar surface area (TPSA) is 37.3 Å². The van der Waals surface area contributed by atoms with Crippen LogP contribution in [0.5, 0.6) is 0 Å². The van der Waals surface area contributed by atoms with Crippen LogP contribution < -0.4 is 0 Å². The summed E-state index contributed by atoms with van der Waals surface area (Å²) in [5, 5.41) is 8.38. The first-order valence-electron chi connectivity index (χ1n) is 9.91. The number of rotatable bonds is 2. The molecule has 2 heteroatoms. The summed E-state index contributed by atoms with van der Waals surface area (Å²) in [6, 6.07) is 8.30. The van der Waals surface area contributed by atoms with Crippen LogP contribution in [0.2, 0.25) is 0 Å². The predicted molar refractivity (Wildman–Crippen MR) is 103 cm³/mol. The van der Waals surface area contributed by atoms with Gasteiger partial charge < -0.3 is 5.11 Å². The number of carbonyl (C=O) groups is 1. The molecule has 0 aromatic heterocycles. The molecule has 1 N–H and O–H groups in total. The van der Waals surface area contributed by atoms with Crippen LogP contribution in [0.25, 0.3) is 0 Å². The van der Waals surface area contributed by atoms with Crippen LogP contribution in [-0.4, -0.2) is 11.1 Å². The Bertz CT molecular complexity index is 415. The summed E-state index contributed by atoms with van der Waals surface area (Å²) in [5.74, 6) is 1.24. The third kappa shape index (κ3) is 9.75. The van der Waals surface area contributed by atoms with E-state index in [1.165, 1.54) is 70.6 Å². The van der Waals surface area contributed by atoms with Gasteiger partial charge in [-0.15, -0.1) is 0 Å². The summed E-state index contributed by atoms with van der Waals surface area (Å²) < 4.78 is 0. The molecular weight excluding hydrogens is 296 g/mol. The summed E-state index contributed by atoms with van der Waals surface area (Å²) in [5.41, 5.74) is 0.331. The van der Waals surface area contributed by atoms with Gasteiger partial charge in [0.2, 0.25) is 0 Å². The predicted octanol–water partition coefficient (Wildman–Crippen LogP) is 6.95. The van der Waals surface area contributed by atoms with E-state index in [0.29, 0.717) is 5.56 Å². The van der Waals surface area contributed by atoms with Crippen molar-refractivity contribution < 1.29 is 9.90 Å². The summed E-state index contributed by atoms with van der Waals surface area (Å²) in [6.07, 6.45) is 16.4. The molecule has 136 valence electrons. The van der Waals surface area contributed by atoms with Crippen LogP contribution >= 0.6 is 0 Å². The molecule has 3 rings (SSSR count). The van der Waals surface area contributed by atoms with Crippen molar-refractivity contribution in [1.82, 2.24) is 0 Å². The van der Waals surface area contributed by atoms with Gasteiger partial charge in [-0.3, -0.25) is 0 Å². The first-order chi connectivity index (χ1) is 11.6. The molecule has 0 amide bonds. The zero-order valence-corrected chi connectivity index (χ0v) is 15.7. The lowest BCUT2D eigenvalue weighted by atomic mass is 9.88. The number of hydrogen-bond donors (Lipinski definition) is 1. The highest BCUT2D eigenvalue weighted by molar-refractivity contribution is 5.87. The van der Waals surface area contributed by atoms with Crippen LogP contribution in [0, 0.1) is 11.8 Å². The highest BCUT2D eigenvalue weighted by Crippen LogP contribution is 2.25. The number of hydrogen-bond acceptors (Lipinski definition) is 1. The van der Waals surface area contributed by atoms with E-state index in [4.69, 9.17) is 5.11 Å². The second-order valence-corrected chi connectivity index (χ2v) is 7.33. The fourth-order valence-electron chi connectivity index (χ4n) is 3.48. The molecule has 2 aliphatic carbocycles. The summed E-state index contributed by atoms with van der Waals surface area (Å²) in [4.78, 5) is 10.2. The van der Waals surface area contributed by atoms with E-state index >= 15 is 0 Å². The second-order valence-electron chi connectivity index (χ2n) is 7.33. The van der Waals surface area contributed by atoms with Gasteiger partial charge >= 0.3 is 5.97 Å². The molecule has 2 nitrogen and oxygen atoms in total. The zero-order valence-electron chi connectivity index (χ0n) is 15.7. The van der Waals surface area contributed by atoms with Crippen molar-refractivity contribution in [3.05, 3.63) is 35.9 Å². The van der Waals surface area contributed by atoms with E-state index in [-0.39, 0.29) is 0 Å². The van der Waals surface area contributed by atoms with Crippen molar-refractivity contribution in [2.75, 3.05) is 0 Å². The van der Waals surface area contributed by atoms with Crippen LogP contribution in [0.3, 0.4) is 0 Å². The normalized spacial score (nSPS) is 18.6. The zero-order chi connectivity index (χ0) is 17.6. The van der Waals surface area contributed by atoms with Gasteiger partial charge in [0.25, 0.3) is 0 Å². The number of carboxylic acid groups (broad SMARTS) is 1. The summed E-state index contributed by atoms with van der Waals surface area (Å²) >= 11 is 0. The maximum Gasteiger partial charge on any atom is 0.335 e. The van der Waals surface area contributed by atoms with Gasteiger partial charge in [-0.1, -0.05) is 103 Å². The maximum atomic E-state index is 10.2. The van der Waals surface area contributed by atoms with E-state index < -0.39 is 5.97 Å². The lowest BCUT2D eigenvalue weighted by Gasteiger charge is -2.18. The van der Waals surface area contributed by atoms with Crippen molar-refractivity contribution >= 4 is 5.97 Å². The van der Waals surface area contributed by atoms with Crippen LogP contribution in [-0.2, 0) is 0 Å². The van der Waals surface area contributed by atoms with Gasteiger partial charge in [0.05, 0.1) is 5.56 Å². The first kappa shape index (κ1) is 20.7. The Morgan fingerprint density at radius 2 is 1.42 bits per heavy atom. The molecule has 2 aliphatic rings. The molecule has 2 saturated carbocycles. The van der Waals surface area contributed by atoms with Crippen molar-refractivity contribution in [1.29, 1.82) is 0 Å². The Labute approximate surface area is 148 Å². The van der Waals surface area contributed by atoms with Crippen LogP contribution in [0.1, 0.15) is 94.8 Å². The third-order valence-corrected chi connectivity index (χ3v) is 5.22. The highest BCUT2D eigenvalue weighted by atomic mass is 16.4. The van der Waals surface area contributed by atoms with Gasteiger partial charge in [0.15, 0.2) is 0 Å². The molecule has 0 unspecified atom stereocenters. The minimum absolute atomic E-state index is 0.331. The molecule has 0 spiro atoms. The van der Waals surface area contributed by atoms with E-state index in [9.17, 15) is 4.79 Å². The Morgan fingerprint density at radius 3 is 1.71 bits per heavy atom. The molecule has 24 heavy (non-hydrogen) atoms. The van der Waals surface area contributed by atoms with Crippen molar-refractivity contribution in [2.24, 2.45) is 11.8 Å². The van der Waals surface area contributed by atoms with E-state index in [1.807, 2.05) is 0 Å². The highest BCUT2D eigenvalue weighted by Gasteiger charge is 2.09. The van der Waals surface area contributed by atoms with Crippen molar-refractivity contribution in [2.45, 2.75) is 84.5 Å². The van der Waals surface area contributed by atoms with Crippen molar-refractivity contribution in [3.63, 3.8) is 0 Å². The van der Waals surface area contributed by atoms with Crippen LogP contribution in [0.15, 0.2) is 30.3 Å². The number of carboxylic acids is 1. The summed E-state index contributed by atoms with van der Waals surface area (Å²) in [7, 11) is 0. The van der Waals surface area contributed by atoms with E-state index in [1.54, 1.807) is 30.3 Å². The Morgan fingerprint density at radius 1 is 0.917 bits per heavy atom. The fraction of sp³-hybridized carbons (Fsp3) is 0.682. The minimum Gasteiger partial charge on any atom is -0.478 e. The van der Waals surface area contributed by atoms with Crippen molar-refractivity contribution in [3.8, 4) is 0 Å². The number of aromatic carboxylic acids is 1. The van der Waals surface area contributed by atoms with E-state index in [0.717, 1.165) is 11.8 Å². The Balaban J connectivity index is 0.000000181. The van der Waals surface area contributed by atoms with Gasteiger partial charge in [0, 0.05) is 0 Å². The standard InChI is InChI=1S/C8H16.C7H6O2.C7H14/c1-2-8-6-4-3-5-7-8;8-7(9)6-4-2-1-3-5-6;1-7-5-3-2-4-6-7/h8H,2-7H2,1H3;1-5H,(H,8,9);7H,2-6H2,1H3. The average molecular weight is 333 g/mol. The minimum atomic E-state index is -0.879. The Hall–Kier alpha value is -1.31. The van der Waals surface area contributed by atoms with Gasteiger partial charge in [0.1, 0.15) is 0 Å². The molecule has 1 aromatic rings. The molecule has 0 bridgehead atoms. The quantitative estimate of drug-likeness (QED) is 0.636. The lowest BCUT2D eigenvalue weighted by molar-refractivity contribution is 0.0697. The molecule has 0 heterocycles. The van der Waals surface area contributed by atoms with Gasteiger partial charge in [-0.2, -0.15) is 0 Å². The van der Waals surface area contributed by atoms with E-state index in [2.05, 4.69) is 13.8 Å². The fourth-order valence-corrected chi connectivity index (χ4v) is 3.48. The first-order valence-corrected chi connectivity index (χ1v) is 9.91. The molecule has 1 aromatic carbocycles. The Kier molecular flexibility index (Phi) is 11.3. The maximum absolute atomic E-state index is 10.2. The van der Waals surface area contributed by atoms with Gasteiger partial charge in [-0.05, 0) is 24.0 Å². The number of benzene rings is 1. The third-order valence-electron chi connectivity index (χ3n) is 5.22.